The van der Waals surface area contributed by atoms with Crippen molar-refractivity contribution in [2.45, 2.75) is 38.8 Å². The van der Waals surface area contributed by atoms with Gasteiger partial charge in [0.05, 0.1) is 14.2 Å². The van der Waals surface area contributed by atoms with Crippen molar-refractivity contribution in [1.82, 2.24) is 0 Å². The van der Waals surface area contributed by atoms with Crippen LogP contribution in [0.4, 0.5) is 0 Å². The van der Waals surface area contributed by atoms with Gasteiger partial charge in [0.1, 0.15) is 12.1 Å². The summed E-state index contributed by atoms with van der Waals surface area (Å²) in [6.45, 7) is 7.91. The lowest BCUT2D eigenvalue weighted by molar-refractivity contribution is 0.331. The second-order valence-electron chi connectivity index (χ2n) is 4.41. The number of methoxy groups -OCH3 is 2. The Labute approximate surface area is 103 Å². The van der Waals surface area contributed by atoms with E-state index in [1.165, 1.54) is 0 Å². The molecule has 1 aliphatic heterocycles. The number of ether oxygens (including phenoxy) is 2. The number of aliphatic imine (C=N–C) groups is 2. The van der Waals surface area contributed by atoms with Crippen LogP contribution in [-0.2, 0) is 9.47 Å². The Kier molecular flexibility index (Phi) is 5.19. The van der Waals surface area contributed by atoms with E-state index in [1.807, 2.05) is 6.08 Å². The zero-order chi connectivity index (χ0) is 12.8. The highest BCUT2D eigenvalue weighted by Crippen LogP contribution is 2.19. The molecule has 4 heteroatoms. The summed E-state index contributed by atoms with van der Waals surface area (Å²) in [5.41, 5.74) is 0. The second-order valence-corrected chi connectivity index (χ2v) is 4.41. The molecule has 0 unspecified atom stereocenters. The van der Waals surface area contributed by atoms with E-state index in [0.717, 1.165) is 12.8 Å². The van der Waals surface area contributed by atoms with E-state index in [-0.39, 0.29) is 12.1 Å². The van der Waals surface area contributed by atoms with Crippen molar-refractivity contribution >= 4 is 11.8 Å². The molecule has 1 aliphatic rings. The Morgan fingerprint density at radius 3 is 2.35 bits per heavy atom. The van der Waals surface area contributed by atoms with Crippen molar-refractivity contribution < 1.29 is 9.47 Å². The molecule has 0 fully saturated rings. The van der Waals surface area contributed by atoms with E-state index < -0.39 is 0 Å². The van der Waals surface area contributed by atoms with Crippen molar-refractivity contribution in [1.29, 1.82) is 0 Å². The molecule has 2 atom stereocenters. The highest BCUT2D eigenvalue weighted by molar-refractivity contribution is 5.94. The SMILES string of the molecule is C=CCC[C@H]1N=C(OC)[C@H](C(C)C)N=C1OC. The molecule has 0 saturated carbocycles. The summed E-state index contributed by atoms with van der Waals surface area (Å²) in [4.78, 5) is 9.17. The maximum atomic E-state index is 5.33. The molecule has 0 N–H and O–H groups in total. The van der Waals surface area contributed by atoms with Crippen LogP contribution in [0.1, 0.15) is 26.7 Å². The third-order valence-corrected chi connectivity index (χ3v) is 2.78. The molecule has 4 nitrogen and oxygen atoms in total. The molecule has 0 radical (unpaired) electrons. The molecular formula is C13H22N2O2. The van der Waals surface area contributed by atoms with Gasteiger partial charge < -0.3 is 9.47 Å². The van der Waals surface area contributed by atoms with Crippen LogP contribution in [0.15, 0.2) is 22.6 Å². The first kappa shape index (κ1) is 13.7. The number of hydrogen-bond acceptors (Lipinski definition) is 4. The lowest BCUT2D eigenvalue weighted by Gasteiger charge is -2.26. The van der Waals surface area contributed by atoms with Gasteiger partial charge in [-0.25, -0.2) is 9.98 Å². The third kappa shape index (κ3) is 3.32. The number of allylic oxidation sites excluding steroid dienone is 1. The monoisotopic (exact) mass is 238 g/mol. The molecule has 0 aliphatic carbocycles. The predicted octanol–water partition coefficient (Wildman–Crippen LogP) is 2.45. The van der Waals surface area contributed by atoms with E-state index in [1.54, 1.807) is 14.2 Å². The maximum absolute atomic E-state index is 5.33. The lowest BCUT2D eigenvalue weighted by atomic mass is 10.0. The fourth-order valence-electron chi connectivity index (χ4n) is 1.82. The first-order chi connectivity index (χ1) is 8.13. The number of rotatable bonds is 4. The first-order valence-electron chi connectivity index (χ1n) is 5.98. The van der Waals surface area contributed by atoms with Gasteiger partial charge in [-0.05, 0) is 18.8 Å². The largest absolute Gasteiger partial charge is 0.483 e. The topological polar surface area (TPSA) is 43.2 Å². The van der Waals surface area contributed by atoms with Crippen LogP contribution >= 0.6 is 0 Å². The van der Waals surface area contributed by atoms with Crippen LogP contribution in [0, 0.1) is 5.92 Å². The van der Waals surface area contributed by atoms with Crippen LogP contribution in [0.3, 0.4) is 0 Å². The Bertz CT molecular complexity index is 321. The molecule has 0 aromatic carbocycles. The van der Waals surface area contributed by atoms with E-state index in [9.17, 15) is 0 Å². The molecule has 0 saturated heterocycles. The Hall–Kier alpha value is -1.32. The standard InChI is InChI=1S/C13H22N2O2/c1-6-7-8-10-12(16-4)15-11(9(2)3)13(14-10)17-5/h6,9-11H,1,7-8H2,2-5H3/t10-,11+/m1/s1. The fourth-order valence-corrected chi connectivity index (χ4v) is 1.82. The summed E-state index contributed by atoms with van der Waals surface area (Å²) in [5, 5.41) is 0. The minimum absolute atomic E-state index is 0.0325. The van der Waals surface area contributed by atoms with Crippen molar-refractivity contribution in [3.8, 4) is 0 Å². The summed E-state index contributed by atoms with van der Waals surface area (Å²) in [5.74, 6) is 1.75. The van der Waals surface area contributed by atoms with Gasteiger partial charge in [-0.3, -0.25) is 0 Å². The van der Waals surface area contributed by atoms with Crippen LogP contribution in [0.2, 0.25) is 0 Å². The Morgan fingerprint density at radius 2 is 1.88 bits per heavy atom. The Morgan fingerprint density at radius 1 is 1.24 bits per heavy atom. The van der Waals surface area contributed by atoms with Crippen molar-refractivity contribution in [3.63, 3.8) is 0 Å². The molecule has 96 valence electrons. The highest BCUT2D eigenvalue weighted by atomic mass is 16.5. The van der Waals surface area contributed by atoms with Crippen molar-refractivity contribution in [2.24, 2.45) is 15.9 Å². The fraction of sp³-hybridized carbons (Fsp3) is 0.692. The molecular weight excluding hydrogens is 216 g/mol. The number of hydrogen-bond donors (Lipinski definition) is 0. The molecule has 0 bridgehead atoms. The minimum atomic E-state index is -0.0389. The quantitative estimate of drug-likeness (QED) is 0.706. The summed E-state index contributed by atoms with van der Waals surface area (Å²) in [6, 6.07) is -0.0714. The van der Waals surface area contributed by atoms with Crippen LogP contribution in [-0.4, -0.2) is 38.1 Å². The average Bonchev–Trinajstić information content (AvgIpc) is 2.34. The maximum Gasteiger partial charge on any atom is 0.209 e. The van der Waals surface area contributed by atoms with E-state index in [0.29, 0.717) is 17.7 Å². The zero-order valence-corrected chi connectivity index (χ0v) is 11.1. The molecule has 17 heavy (non-hydrogen) atoms. The van der Waals surface area contributed by atoms with Gasteiger partial charge in [-0.15, -0.1) is 6.58 Å². The molecule has 1 rings (SSSR count). The van der Waals surface area contributed by atoms with Gasteiger partial charge in [0.15, 0.2) is 0 Å². The molecule has 0 amide bonds. The normalized spacial score (nSPS) is 24.1. The highest BCUT2D eigenvalue weighted by Gasteiger charge is 2.30. The molecule has 0 aromatic rings. The summed E-state index contributed by atoms with van der Waals surface area (Å²) < 4.78 is 10.7. The van der Waals surface area contributed by atoms with Crippen molar-refractivity contribution in [2.75, 3.05) is 14.2 Å². The zero-order valence-electron chi connectivity index (χ0n) is 11.1. The minimum Gasteiger partial charge on any atom is -0.483 e. The molecule has 0 aromatic heterocycles. The summed E-state index contributed by atoms with van der Waals surface area (Å²) >= 11 is 0. The van der Waals surface area contributed by atoms with E-state index >= 15 is 0 Å². The first-order valence-corrected chi connectivity index (χ1v) is 5.98. The van der Waals surface area contributed by atoms with E-state index in [2.05, 4.69) is 30.4 Å². The average molecular weight is 238 g/mol. The van der Waals surface area contributed by atoms with Crippen molar-refractivity contribution in [3.05, 3.63) is 12.7 Å². The molecule has 1 heterocycles. The molecule has 0 spiro atoms. The smallest absolute Gasteiger partial charge is 0.209 e. The van der Waals surface area contributed by atoms with Gasteiger partial charge in [0.25, 0.3) is 0 Å². The van der Waals surface area contributed by atoms with Crippen LogP contribution in [0.25, 0.3) is 0 Å². The van der Waals surface area contributed by atoms with Gasteiger partial charge in [0.2, 0.25) is 11.8 Å². The number of nitrogens with zero attached hydrogens (tertiary/aromatic N) is 2. The lowest BCUT2D eigenvalue weighted by Crippen LogP contribution is -2.37. The second kappa shape index (κ2) is 6.42. The van der Waals surface area contributed by atoms with Gasteiger partial charge in [0, 0.05) is 0 Å². The Balaban J connectivity index is 2.89. The third-order valence-electron chi connectivity index (χ3n) is 2.78. The summed E-state index contributed by atoms with van der Waals surface area (Å²) in [6.07, 6.45) is 3.62. The predicted molar refractivity (Wildman–Crippen MR) is 70.7 cm³/mol. The summed E-state index contributed by atoms with van der Waals surface area (Å²) in [7, 11) is 3.29. The van der Waals surface area contributed by atoms with Crippen LogP contribution in [0.5, 0.6) is 0 Å². The van der Waals surface area contributed by atoms with Gasteiger partial charge in [-0.2, -0.15) is 0 Å². The van der Waals surface area contributed by atoms with Crippen LogP contribution < -0.4 is 0 Å². The van der Waals surface area contributed by atoms with E-state index in [4.69, 9.17) is 9.47 Å². The van der Waals surface area contributed by atoms with Gasteiger partial charge >= 0.3 is 0 Å². The van der Waals surface area contributed by atoms with Gasteiger partial charge in [-0.1, -0.05) is 19.9 Å².